The monoisotopic (exact) mass is 346 g/mol. The molecule has 0 aliphatic rings. The van der Waals surface area contributed by atoms with Crippen molar-refractivity contribution in [3.8, 4) is 0 Å². The number of nitrogens with one attached hydrogen (secondary N) is 1. The average Bonchev–Trinajstić information content (AvgIpc) is 2.22. The molecule has 4 heteroatoms. The van der Waals surface area contributed by atoms with Gasteiger partial charge in [0.1, 0.15) is 0 Å². The zero-order chi connectivity index (χ0) is 13.0. The van der Waals surface area contributed by atoms with Crippen LogP contribution >= 0.6 is 22.6 Å². The van der Waals surface area contributed by atoms with Crippen LogP contribution in [0.2, 0.25) is 0 Å². The Bertz CT molecular complexity index is 404. The molecule has 0 aliphatic heterocycles. The molecule has 3 N–H and O–H groups in total. The molecule has 1 rings (SSSR count). The van der Waals surface area contributed by atoms with E-state index in [0.717, 1.165) is 14.8 Å². The predicted molar refractivity (Wildman–Crippen MR) is 80.0 cm³/mol. The quantitative estimate of drug-likeness (QED) is 0.824. The molecule has 0 unspecified atom stereocenters. The van der Waals surface area contributed by atoms with Crippen molar-refractivity contribution in [2.24, 2.45) is 11.7 Å². The minimum Gasteiger partial charge on any atom is -0.324 e. The van der Waals surface area contributed by atoms with Crippen molar-refractivity contribution >= 4 is 34.2 Å². The highest BCUT2D eigenvalue weighted by molar-refractivity contribution is 14.1. The topological polar surface area (TPSA) is 55.1 Å². The summed E-state index contributed by atoms with van der Waals surface area (Å²) in [5.74, 6) is 0.316. The van der Waals surface area contributed by atoms with Gasteiger partial charge in [-0.25, -0.2) is 0 Å². The molecule has 0 saturated carbocycles. The van der Waals surface area contributed by atoms with Gasteiger partial charge in [-0.1, -0.05) is 19.9 Å². The minimum absolute atomic E-state index is 0.108. The van der Waals surface area contributed by atoms with Crippen molar-refractivity contribution in [3.63, 3.8) is 0 Å². The van der Waals surface area contributed by atoms with Gasteiger partial charge in [0.05, 0.1) is 6.04 Å². The van der Waals surface area contributed by atoms with Crippen molar-refractivity contribution < 1.29 is 4.79 Å². The first-order valence-electron chi connectivity index (χ1n) is 5.72. The molecule has 94 valence electrons. The summed E-state index contributed by atoms with van der Waals surface area (Å²) in [6.07, 6.45) is 0.703. The first-order valence-corrected chi connectivity index (χ1v) is 6.80. The molecule has 0 aromatic heterocycles. The van der Waals surface area contributed by atoms with Crippen LogP contribution in [-0.4, -0.2) is 11.9 Å². The number of hydrogen-bond acceptors (Lipinski definition) is 2. The third-order valence-corrected chi connectivity index (χ3v) is 3.19. The number of benzene rings is 1. The van der Waals surface area contributed by atoms with Crippen LogP contribution in [0.3, 0.4) is 0 Å². The Morgan fingerprint density at radius 1 is 1.47 bits per heavy atom. The summed E-state index contributed by atoms with van der Waals surface area (Å²) in [6, 6.07) is 5.52. The van der Waals surface area contributed by atoms with Crippen molar-refractivity contribution in [1.29, 1.82) is 0 Å². The molecule has 0 radical (unpaired) electrons. The Morgan fingerprint density at radius 3 is 2.71 bits per heavy atom. The predicted octanol–water partition coefficient (Wildman–Crippen LogP) is 2.91. The first-order chi connectivity index (χ1) is 7.90. The van der Waals surface area contributed by atoms with Crippen molar-refractivity contribution in [2.45, 2.75) is 33.2 Å². The van der Waals surface area contributed by atoms with Crippen molar-refractivity contribution in [1.82, 2.24) is 0 Å². The number of anilines is 1. The Morgan fingerprint density at radius 2 is 2.12 bits per heavy atom. The van der Waals surface area contributed by atoms with Crippen LogP contribution in [0.4, 0.5) is 5.69 Å². The number of aryl methyl sites for hydroxylation is 1. The van der Waals surface area contributed by atoms with Gasteiger partial charge in [0, 0.05) is 9.26 Å². The van der Waals surface area contributed by atoms with Crippen LogP contribution in [0.25, 0.3) is 0 Å². The van der Waals surface area contributed by atoms with Gasteiger partial charge in [-0.15, -0.1) is 0 Å². The molecule has 1 atom stereocenters. The fraction of sp³-hybridized carbons (Fsp3) is 0.462. The van der Waals surface area contributed by atoms with Gasteiger partial charge < -0.3 is 11.1 Å². The lowest BCUT2D eigenvalue weighted by Gasteiger charge is -2.15. The lowest BCUT2D eigenvalue weighted by molar-refractivity contribution is -0.117. The second-order valence-electron chi connectivity index (χ2n) is 4.68. The molecule has 17 heavy (non-hydrogen) atoms. The summed E-state index contributed by atoms with van der Waals surface area (Å²) in [4.78, 5) is 11.9. The van der Waals surface area contributed by atoms with E-state index < -0.39 is 6.04 Å². The third kappa shape index (κ3) is 4.63. The molecule has 0 saturated heterocycles. The van der Waals surface area contributed by atoms with Crippen LogP contribution in [0.1, 0.15) is 25.8 Å². The molecule has 3 nitrogen and oxygen atoms in total. The summed E-state index contributed by atoms with van der Waals surface area (Å²) in [6.45, 7) is 6.09. The van der Waals surface area contributed by atoms with Crippen LogP contribution in [-0.2, 0) is 4.79 Å². The zero-order valence-corrected chi connectivity index (χ0v) is 12.6. The molecule has 1 amide bonds. The largest absolute Gasteiger partial charge is 0.324 e. The number of amides is 1. The number of carbonyl (C=O) groups is 1. The van der Waals surface area contributed by atoms with E-state index in [-0.39, 0.29) is 5.91 Å². The summed E-state index contributed by atoms with van der Waals surface area (Å²) in [7, 11) is 0. The van der Waals surface area contributed by atoms with Crippen LogP contribution in [0, 0.1) is 16.4 Å². The maximum atomic E-state index is 11.9. The van der Waals surface area contributed by atoms with E-state index in [2.05, 4.69) is 41.8 Å². The molecule has 0 aliphatic carbocycles. The molecule has 0 spiro atoms. The minimum atomic E-state index is -0.438. The number of hydrogen-bond donors (Lipinski definition) is 2. The molecule has 0 heterocycles. The highest BCUT2D eigenvalue weighted by Gasteiger charge is 2.15. The van der Waals surface area contributed by atoms with Gasteiger partial charge >= 0.3 is 0 Å². The maximum absolute atomic E-state index is 11.9. The number of rotatable bonds is 4. The number of halogens is 1. The van der Waals surface area contributed by atoms with Crippen LogP contribution in [0.5, 0.6) is 0 Å². The molecular weight excluding hydrogens is 327 g/mol. The SMILES string of the molecule is Cc1ccc(I)cc1NC(=O)[C@@H](N)CC(C)C. The molecule has 1 aromatic carbocycles. The van der Waals surface area contributed by atoms with Crippen LogP contribution < -0.4 is 11.1 Å². The Labute approximate surface area is 116 Å². The first kappa shape index (κ1) is 14.4. The fourth-order valence-corrected chi connectivity index (χ4v) is 2.06. The molecule has 1 aromatic rings. The smallest absolute Gasteiger partial charge is 0.241 e. The zero-order valence-electron chi connectivity index (χ0n) is 10.5. The van der Waals surface area contributed by atoms with E-state index in [1.165, 1.54) is 0 Å². The maximum Gasteiger partial charge on any atom is 0.241 e. The Hall–Kier alpha value is -0.620. The summed E-state index contributed by atoms with van der Waals surface area (Å²) < 4.78 is 1.10. The van der Waals surface area contributed by atoms with Crippen molar-refractivity contribution in [2.75, 3.05) is 5.32 Å². The molecule has 0 fully saturated rings. The normalized spacial score (nSPS) is 12.6. The van der Waals surface area contributed by atoms with E-state index in [4.69, 9.17) is 5.73 Å². The molecule has 0 bridgehead atoms. The highest BCUT2D eigenvalue weighted by atomic mass is 127. The lowest BCUT2D eigenvalue weighted by Crippen LogP contribution is -2.36. The average molecular weight is 346 g/mol. The fourth-order valence-electron chi connectivity index (χ4n) is 1.57. The number of nitrogens with two attached hydrogens (primary N) is 1. The van der Waals surface area contributed by atoms with E-state index in [0.29, 0.717) is 12.3 Å². The Balaban J connectivity index is 2.70. The summed E-state index contributed by atoms with van der Waals surface area (Å²) in [5.41, 5.74) is 7.74. The number of carbonyl (C=O) groups excluding carboxylic acids is 1. The summed E-state index contributed by atoms with van der Waals surface area (Å²) in [5, 5.41) is 2.89. The van der Waals surface area contributed by atoms with Gasteiger partial charge in [0.25, 0.3) is 0 Å². The third-order valence-electron chi connectivity index (χ3n) is 2.52. The second kappa shape index (κ2) is 6.35. The van der Waals surface area contributed by atoms with E-state index in [1.807, 2.05) is 25.1 Å². The highest BCUT2D eigenvalue weighted by Crippen LogP contribution is 2.18. The van der Waals surface area contributed by atoms with E-state index in [9.17, 15) is 4.79 Å². The second-order valence-corrected chi connectivity index (χ2v) is 5.93. The van der Waals surface area contributed by atoms with Gasteiger partial charge in [0.2, 0.25) is 5.91 Å². The van der Waals surface area contributed by atoms with E-state index in [1.54, 1.807) is 0 Å². The lowest BCUT2D eigenvalue weighted by atomic mass is 10.0. The van der Waals surface area contributed by atoms with Gasteiger partial charge in [-0.2, -0.15) is 0 Å². The van der Waals surface area contributed by atoms with Gasteiger partial charge in [0.15, 0.2) is 0 Å². The molecular formula is C13H19IN2O. The van der Waals surface area contributed by atoms with Gasteiger partial charge in [-0.05, 0) is 59.5 Å². The summed E-state index contributed by atoms with van der Waals surface area (Å²) >= 11 is 2.22. The standard InChI is InChI=1S/C13H19IN2O/c1-8(2)6-11(15)13(17)16-12-7-10(14)5-4-9(12)3/h4-5,7-8,11H,6,15H2,1-3H3,(H,16,17)/t11-/m0/s1. The van der Waals surface area contributed by atoms with E-state index >= 15 is 0 Å². The Kier molecular flexibility index (Phi) is 5.39. The van der Waals surface area contributed by atoms with Crippen molar-refractivity contribution in [3.05, 3.63) is 27.3 Å². The van der Waals surface area contributed by atoms with Crippen LogP contribution in [0.15, 0.2) is 18.2 Å². The van der Waals surface area contributed by atoms with Gasteiger partial charge in [-0.3, -0.25) is 4.79 Å².